The lowest BCUT2D eigenvalue weighted by Gasteiger charge is -2.14. The lowest BCUT2D eigenvalue weighted by molar-refractivity contribution is -0.123. The summed E-state index contributed by atoms with van der Waals surface area (Å²) in [7, 11) is 0. The van der Waals surface area contributed by atoms with Crippen molar-refractivity contribution < 1.29 is 14.3 Å². The van der Waals surface area contributed by atoms with Crippen molar-refractivity contribution in [2.45, 2.75) is 13.0 Å². The van der Waals surface area contributed by atoms with Gasteiger partial charge in [-0.05, 0) is 65.9 Å². The van der Waals surface area contributed by atoms with Crippen LogP contribution in [0.5, 0.6) is 0 Å². The van der Waals surface area contributed by atoms with Gasteiger partial charge in [0, 0.05) is 21.7 Å². The van der Waals surface area contributed by atoms with Gasteiger partial charge in [-0.2, -0.15) is 0 Å². The number of carbonyl (C=O) groups excluding carboxylic acids is 2. The monoisotopic (exact) mass is 447 g/mol. The van der Waals surface area contributed by atoms with E-state index < -0.39 is 18.0 Å². The van der Waals surface area contributed by atoms with Crippen LogP contribution >= 0.6 is 22.6 Å². The molecule has 3 rings (SSSR count). The smallest absolute Gasteiger partial charge is 0.341 e. The SMILES string of the molecule is CC(OC(=O)c1cccc2nccnc12)C(=O)Nc1ccc(I)cc1. The van der Waals surface area contributed by atoms with Crippen molar-refractivity contribution in [3.63, 3.8) is 0 Å². The Kier molecular flexibility index (Phi) is 5.22. The van der Waals surface area contributed by atoms with Crippen LogP contribution in [0, 0.1) is 3.57 Å². The molecule has 0 saturated heterocycles. The molecule has 7 heteroatoms. The summed E-state index contributed by atoms with van der Waals surface area (Å²) in [5.41, 5.74) is 1.96. The van der Waals surface area contributed by atoms with Crippen molar-refractivity contribution in [3.05, 3.63) is 64.0 Å². The van der Waals surface area contributed by atoms with Crippen LogP contribution in [-0.2, 0) is 9.53 Å². The number of rotatable bonds is 4. The predicted molar refractivity (Wildman–Crippen MR) is 102 cm³/mol. The molecule has 6 nitrogen and oxygen atoms in total. The van der Waals surface area contributed by atoms with Gasteiger partial charge in [-0.1, -0.05) is 6.07 Å². The highest BCUT2D eigenvalue weighted by molar-refractivity contribution is 14.1. The lowest BCUT2D eigenvalue weighted by Crippen LogP contribution is -2.30. The highest BCUT2D eigenvalue weighted by Gasteiger charge is 2.21. The molecule has 2 aromatic carbocycles. The number of hydrogen-bond donors (Lipinski definition) is 1. The van der Waals surface area contributed by atoms with Crippen molar-refractivity contribution in [1.82, 2.24) is 9.97 Å². The number of anilines is 1. The Morgan fingerprint density at radius 2 is 1.80 bits per heavy atom. The Hall–Kier alpha value is -2.55. The molecule has 1 heterocycles. The first-order chi connectivity index (χ1) is 12.0. The number of para-hydroxylation sites is 1. The summed E-state index contributed by atoms with van der Waals surface area (Å²) in [5.74, 6) is -1.02. The van der Waals surface area contributed by atoms with Crippen LogP contribution in [0.25, 0.3) is 11.0 Å². The number of esters is 1. The first-order valence-electron chi connectivity index (χ1n) is 7.52. The van der Waals surface area contributed by atoms with Crippen molar-refractivity contribution in [1.29, 1.82) is 0 Å². The van der Waals surface area contributed by atoms with Gasteiger partial charge in [0.1, 0.15) is 5.52 Å². The Bertz CT molecular complexity index is 923. The van der Waals surface area contributed by atoms with Crippen LogP contribution in [0.3, 0.4) is 0 Å². The Morgan fingerprint density at radius 1 is 1.08 bits per heavy atom. The number of nitrogens with one attached hydrogen (secondary N) is 1. The van der Waals surface area contributed by atoms with E-state index in [4.69, 9.17) is 4.74 Å². The third kappa shape index (κ3) is 4.11. The standard InChI is InChI=1S/C18H14IN3O3/c1-11(17(23)22-13-7-5-12(19)6-8-13)25-18(24)14-3-2-4-15-16(14)21-10-9-20-15/h2-11H,1H3,(H,22,23). The summed E-state index contributed by atoms with van der Waals surface area (Å²) >= 11 is 2.18. The minimum Gasteiger partial charge on any atom is -0.449 e. The fourth-order valence-corrected chi connectivity index (χ4v) is 2.57. The number of halogens is 1. The molecule has 0 radical (unpaired) electrons. The molecule has 1 unspecified atom stereocenters. The van der Waals surface area contributed by atoms with E-state index in [9.17, 15) is 9.59 Å². The van der Waals surface area contributed by atoms with E-state index in [1.165, 1.54) is 13.1 Å². The van der Waals surface area contributed by atoms with Crippen LogP contribution in [0.1, 0.15) is 17.3 Å². The summed E-state index contributed by atoms with van der Waals surface area (Å²) in [6.45, 7) is 1.52. The topological polar surface area (TPSA) is 81.2 Å². The average molecular weight is 447 g/mol. The first-order valence-corrected chi connectivity index (χ1v) is 8.59. The lowest BCUT2D eigenvalue weighted by atomic mass is 10.2. The van der Waals surface area contributed by atoms with Gasteiger partial charge in [0.2, 0.25) is 0 Å². The minimum absolute atomic E-state index is 0.277. The summed E-state index contributed by atoms with van der Waals surface area (Å²) < 4.78 is 6.34. The zero-order valence-corrected chi connectivity index (χ0v) is 15.4. The molecule has 0 saturated carbocycles. The number of ether oxygens (including phenoxy) is 1. The number of hydrogen-bond acceptors (Lipinski definition) is 5. The maximum Gasteiger partial charge on any atom is 0.341 e. The molecule has 1 N–H and O–H groups in total. The zero-order valence-electron chi connectivity index (χ0n) is 13.3. The van der Waals surface area contributed by atoms with Gasteiger partial charge in [-0.25, -0.2) is 4.79 Å². The van der Waals surface area contributed by atoms with E-state index in [-0.39, 0.29) is 5.56 Å². The number of carbonyl (C=O) groups is 2. The maximum atomic E-state index is 12.4. The molecule has 1 atom stereocenters. The molecule has 0 fully saturated rings. The number of nitrogens with zero attached hydrogens (tertiary/aromatic N) is 2. The van der Waals surface area contributed by atoms with Crippen molar-refractivity contribution in [3.8, 4) is 0 Å². The fourth-order valence-electron chi connectivity index (χ4n) is 2.21. The number of aromatic nitrogens is 2. The largest absolute Gasteiger partial charge is 0.449 e. The molecule has 126 valence electrons. The van der Waals surface area contributed by atoms with Gasteiger partial charge in [0.05, 0.1) is 11.1 Å². The average Bonchev–Trinajstić information content (AvgIpc) is 2.63. The molecule has 3 aromatic rings. The second-order valence-electron chi connectivity index (χ2n) is 5.27. The highest BCUT2D eigenvalue weighted by atomic mass is 127. The summed E-state index contributed by atoms with van der Waals surface area (Å²) in [5, 5.41) is 2.72. The molecule has 0 aliphatic carbocycles. The third-order valence-corrected chi connectivity index (χ3v) is 4.20. The quantitative estimate of drug-likeness (QED) is 0.490. The van der Waals surface area contributed by atoms with Crippen LogP contribution in [0.2, 0.25) is 0 Å². The molecule has 0 aliphatic rings. The van der Waals surface area contributed by atoms with E-state index in [1.54, 1.807) is 36.5 Å². The third-order valence-electron chi connectivity index (χ3n) is 3.48. The van der Waals surface area contributed by atoms with E-state index in [1.807, 2.05) is 12.1 Å². The Balaban J connectivity index is 1.71. The van der Waals surface area contributed by atoms with Gasteiger partial charge in [-0.15, -0.1) is 0 Å². The van der Waals surface area contributed by atoms with Crippen molar-refractivity contribution in [2.24, 2.45) is 0 Å². The van der Waals surface area contributed by atoms with E-state index in [0.29, 0.717) is 16.7 Å². The molecule has 0 bridgehead atoms. The second kappa shape index (κ2) is 7.56. The number of benzene rings is 2. The van der Waals surface area contributed by atoms with Gasteiger partial charge in [0.15, 0.2) is 6.10 Å². The van der Waals surface area contributed by atoms with Gasteiger partial charge in [0.25, 0.3) is 5.91 Å². The molecular formula is C18H14IN3O3. The molecule has 25 heavy (non-hydrogen) atoms. The minimum atomic E-state index is -0.946. The molecule has 1 amide bonds. The summed E-state index contributed by atoms with van der Waals surface area (Å²) in [6, 6.07) is 12.4. The Labute approximate surface area is 157 Å². The van der Waals surface area contributed by atoms with Gasteiger partial charge >= 0.3 is 5.97 Å². The van der Waals surface area contributed by atoms with Crippen LogP contribution in [0.15, 0.2) is 54.9 Å². The first kappa shape index (κ1) is 17.3. The number of fused-ring (bicyclic) bond motifs is 1. The number of amides is 1. The Morgan fingerprint density at radius 3 is 2.56 bits per heavy atom. The molecular weight excluding hydrogens is 433 g/mol. The second-order valence-corrected chi connectivity index (χ2v) is 6.52. The van der Waals surface area contributed by atoms with Gasteiger partial charge < -0.3 is 10.1 Å². The van der Waals surface area contributed by atoms with Crippen LogP contribution < -0.4 is 5.32 Å². The summed E-state index contributed by atoms with van der Waals surface area (Å²) in [6.07, 6.45) is 2.11. The van der Waals surface area contributed by atoms with E-state index >= 15 is 0 Å². The zero-order chi connectivity index (χ0) is 17.8. The van der Waals surface area contributed by atoms with E-state index in [0.717, 1.165) is 3.57 Å². The maximum absolute atomic E-state index is 12.4. The van der Waals surface area contributed by atoms with Crippen LogP contribution in [-0.4, -0.2) is 27.9 Å². The molecule has 1 aromatic heterocycles. The van der Waals surface area contributed by atoms with Crippen molar-refractivity contribution >= 4 is 51.2 Å². The predicted octanol–water partition coefficient (Wildman–Crippen LogP) is 3.42. The molecule has 0 spiro atoms. The normalized spacial score (nSPS) is 11.8. The van der Waals surface area contributed by atoms with E-state index in [2.05, 4.69) is 37.9 Å². The summed E-state index contributed by atoms with van der Waals surface area (Å²) in [4.78, 5) is 32.9. The van der Waals surface area contributed by atoms with Crippen LogP contribution in [0.4, 0.5) is 5.69 Å². The van der Waals surface area contributed by atoms with Crippen molar-refractivity contribution in [2.75, 3.05) is 5.32 Å². The fraction of sp³-hybridized carbons (Fsp3) is 0.111. The van der Waals surface area contributed by atoms with Gasteiger partial charge in [-0.3, -0.25) is 14.8 Å². The highest BCUT2D eigenvalue weighted by Crippen LogP contribution is 2.16. The molecule has 0 aliphatic heterocycles.